The van der Waals surface area contributed by atoms with Crippen LogP contribution in [0.15, 0.2) is 48.5 Å². The Morgan fingerprint density at radius 3 is 2.16 bits per heavy atom. The molecule has 2 aromatic rings. The Morgan fingerprint density at radius 2 is 1.60 bits per heavy atom. The van der Waals surface area contributed by atoms with Gasteiger partial charge in [0.1, 0.15) is 0 Å². The van der Waals surface area contributed by atoms with Crippen LogP contribution in [0.2, 0.25) is 0 Å². The molecule has 0 aliphatic heterocycles. The molecule has 0 unspecified atom stereocenters. The third kappa shape index (κ3) is 5.31. The molecule has 3 nitrogen and oxygen atoms in total. The van der Waals surface area contributed by atoms with Crippen molar-refractivity contribution in [2.24, 2.45) is 5.92 Å². The Bertz CT molecular complexity index is 695. The van der Waals surface area contributed by atoms with E-state index in [1.165, 1.54) is 17.7 Å². The van der Waals surface area contributed by atoms with Gasteiger partial charge in [0.25, 0.3) is 5.91 Å². The van der Waals surface area contributed by atoms with E-state index in [1.807, 2.05) is 0 Å². The Morgan fingerprint density at radius 1 is 1.00 bits per heavy atom. The van der Waals surface area contributed by atoms with Gasteiger partial charge in [0, 0.05) is 0 Å². The zero-order valence-corrected chi connectivity index (χ0v) is 15.3. The number of carbonyl (C=O) groups excluding carboxylic acids is 1. The zero-order valence-electron chi connectivity index (χ0n) is 15.3. The molecule has 134 valence electrons. The lowest BCUT2D eigenvalue weighted by molar-refractivity contribution is -0.124. The van der Waals surface area contributed by atoms with E-state index < -0.39 is 5.82 Å². The number of para-hydroxylation sites is 1. The highest BCUT2D eigenvalue weighted by Gasteiger charge is 2.19. The fourth-order valence-electron chi connectivity index (χ4n) is 2.64. The van der Waals surface area contributed by atoms with Crippen LogP contribution in [0.3, 0.4) is 0 Å². The van der Waals surface area contributed by atoms with Crippen LogP contribution in [0.1, 0.15) is 50.8 Å². The molecule has 0 saturated carbocycles. The fraction of sp³-hybridized carbons (Fsp3) is 0.381. The highest BCUT2D eigenvalue weighted by molar-refractivity contribution is 5.78. The van der Waals surface area contributed by atoms with Crippen molar-refractivity contribution in [2.45, 2.75) is 39.7 Å². The van der Waals surface area contributed by atoms with Crippen molar-refractivity contribution in [3.63, 3.8) is 0 Å². The highest BCUT2D eigenvalue weighted by Crippen LogP contribution is 2.24. The minimum Gasteiger partial charge on any atom is -0.481 e. The van der Waals surface area contributed by atoms with Gasteiger partial charge in [-0.2, -0.15) is 0 Å². The zero-order chi connectivity index (χ0) is 18.4. The van der Waals surface area contributed by atoms with Crippen molar-refractivity contribution >= 4 is 5.91 Å². The number of ether oxygens (including phenoxy) is 1. The molecule has 0 bridgehead atoms. The number of nitrogens with one attached hydrogen (secondary N) is 1. The van der Waals surface area contributed by atoms with Gasteiger partial charge in [0.2, 0.25) is 0 Å². The molecular weight excluding hydrogens is 317 g/mol. The molecule has 0 radical (unpaired) electrons. The van der Waals surface area contributed by atoms with Gasteiger partial charge in [-0.25, -0.2) is 4.39 Å². The molecule has 0 spiro atoms. The van der Waals surface area contributed by atoms with Crippen molar-refractivity contribution in [3.8, 4) is 5.75 Å². The van der Waals surface area contributed by atoms with Crippen molar-refractivity contribution in [2.75, 3.05) is 6.61 Å². The summed E-state index contributed by atoms with van der Waals surface area (Å²) in [6, 6.07) is 14.2. The topological polar surface area (TPSA) is 38.3 Å². The maximum Gasteiger partial charge on any atom is 0.258 e. The van der Waals surface area contributed by atoms with E-state index in [2.05, 4.69) is 57.3 Å². The van der Waals surface area contributed by atoms with Crippen molar-refractivity contribution in [3.05, 3.63) is 65.5 Å². The average Bonchev–Trinajstić information content (AvgIpc) is 2.59. The van der Waals surface area contributed by atoms with Gasteiger partial charge >= 0.3 is 0 Å². The quantitative estimate of drug-likeness (QED) is 0.781. The van der Waals surface area contributed by atoms with Gasteiger partial charge in [-0.3, -0.25) is 4.79 Å². The number of hydrogen-bond acceptors (Lipinski definition) is 2. The van der Waals surface area contributed by atoms with Crippen LogP contribution in [-0.2, 0) is 4.79 Å². The molecule has 0 fully saturated rings. The summed E-state index contributed by atoms with van der Waals surface area (Å²) in [7, 11) is 0. The van der Waals surface area contributed by atoms with Crippen molar-refractivity contribution < 1.29 is 13.9 Å². The highest BCUT2D eigenvalue weighted by atomic mass is 19.1. The molecule has 2 rings (SSSR count). The Labute approximate surface area is 149 Å². The molecule has 0 aliphatic carbocycles. The molecule has 25 heavy (non-hydrogen) atoms. The Kier molecular flexibility index (Phi) is 6.57. The van der Waals surface area contributed by atoms with Crippen LogP contribution in [0, 0.1) is 11.7 Å². The molecule has 0 aromatic heterocycles. The summed E-state index contributed by atoms with van der Waals surface area (Å²) in [5.74, 6) is 0.0347. The van der Waals surface area contributed by atoms with Gasteiger partial charge < -0.3 is 10.1 Å². The first-order valence-corrected chi connectivity index (χ1v) is 8.65. The van der Waals surface area contributed by atoms with E-state index >= 15 is 0 Å². The molecule has 0 saturated heterocycles. The van der Waals surface area contributed by atoms with Crippen molar-refractivity contribution in [1.29, 1.82) is 0 Å². The van der Waals surface area contributed by atoms with E-state index in [1.54, 1.807) is 12.1 Å². The number of benzene rings is 2. The molecule has 4 heteroatoms. The van der Waals surface area contributed by atoms with Gasteiger partial charge in [-0.1, -0.05) is 64.1 Å². The normalized spacial score (nSPS) is 12.3. The molecule has 1 N–H and O–H groups in total. The molecule has 1 amide bonds. The summed E-state index contributed by atoms with van der Waals surface area (Å²) in [5, 5.41) is 2.98. The smallest absolute Gasteiger partial charge is 0.258 e. The first-order chi connectivity index (χ1) is 11.9. The summed E-state index contributed by atoms with van der Waals surface area (Å²) < 4.78 is 18.8. The summed E-state index contributed by atoms with van der Waals surface area (Å²) in [4.78, 5) is 12.2. The molecule has 1 atom stereocenters. The second-order valence-corrected chi connectivity index (χ2v) is 6.83. The first kappa shape index (κ1) is 19.0. The largest absolute Gasteiger partial charge is 0.481 e. The van der Waals surface area contributed by atoms with E-state index in [4.69, 9.17) is 4.74 Å². The molecule has 0 heterocycles. The van der Waals surface area contributed by atoms with Crippen LogP contribution in [0.4, 0.5) is 4.39 Å². The van der Waals surface area contributed by atoms with E-state index in [9.17, 15) is 9.18 Å². The Balaban J connectivity index is 2.01. The predicted molar refractivity (Wildman–Crippen MR) is 98.1 cm³/mol. The maximum absolute atomic E-state index is 13.5. The number of halogens is 1. The maximum atomic E-state index is 13.5. The van der Waals surface area contributed by atoms with E-state index in [-0.39, 0.29) is 30.2 Å². The lowest BCUT2D eigenvalue weighted by Crippen LogP contribution is -2.35. The van der Waals surface area contributed by atoms with Crippen LogP contribution < -0.4 is 10.1 Å². The van der Waals surface area contributed by atoms with Crippen LogP contribution in [-0.4, -0.2) is 12.5 Å². The number of rotatable bonds is 7. The SMILES string of the molecule is CC(C)c1ccc([C@H](NC(=O)COc2ccccc2F)C(C)C)cc1. The van der Waals surface area contributed by atoms with Crippen LogP contribution in [0.5, 0.6) is 5.75 Å². The fourth-order valence-corrected chi connectivity index (χ4v) is 2.64. The summed E-state index contributed by atoms with van der Waals surface area (Å²) in [5.41, 5.74) is 2.32. The number of hydrogen-bond donors (Lipinski definition) is 1. The van der Waals surface area contributed by atoms with Crippen molar-refractivity contribution in [1.82, 2.24) is 5.32 Å². The summed E-state index contributed by atoms with van der Waals surface area (Å²) >= 11 is 0. The Hall–Kier alpha value is -2.36. The number of carbonyl (C=O) groups is 1. The average molecular weight is 343 g/mol. The molecule has 2 aromatic carbocycles. The van der Waals surface area contributed by atoms with Gasteiger partial charge in [0.15, 0.2) is 18.2 Å². The van der Waals surface area contributed by atoms with Crippen LogP contribution in [0.25, 0.3) is 0 Å². The summed E-state index contributed by atoms with van der Waals surface area (Å²) in [6.45, 7) is 8.19. The van der Waals surface area contributed by atoms with E-state index in [0.29, 0.717) is 5.92 Å². The third-order valence-electron chi connectivity index (χ3n) is 4.14. The van der Waals surface area contributed by atoms with Gasteiger partial charge in [-0.15, -0.1) is 0 Å². The minimum absolute atomic E-state index is 0.0834. The first-order valence-electron chi connectivity index (χ1n) is 8.65. The third-order valence-corrected chi connectivity index (χ3v) is 4.14. The second-order valence-electron chi connectivity index (χ2n) is 6.83. The van der Waals surface area contributed by atoms with Gasteiger partial charge in [-0.05, 0) is 35.1 Å². The van der Waals surface area contributed by atoms with E-state index in [0.717, 1.165) is 5.56 Å². The predicted octanol–water partition coefficient (Wildman–Crippen LogP) is 4.84. The van der Waals surface area contributed by atoms with Crippen LogP contribution >= 0.6 is 0 Å². The number of amides is 1. The second kappa shape index (κ2) is 8.65. The van der Waals surface area contributed by atoms with Gasteiger partial charge in [0.05, 0.1) is 6.04 Å². The molecule has 0 aliphatic rings. The summed E-state index contributed by atoms with van der Waals surface area (Å²) in [6.07, 6.45) is 0. The lowest BCUT2D eigenvalue weighted by Gasteiger charge is -2.23. The minimum atomic E-state index is -0.472. The lowest BCUT2D eigenvalue weighted by atomic mass is 9.93. The standard InChI is InChI=1S/C21H26FNO2/c1-14(2)16-9-11-17(12-10-16)21(15(3)4)23-20(24)13-25-19-8-6-5-7-18(19)22/h5-12,14-15,21H,13H2,1-4H3,(H,23,24)/t21-/m1/s1. The monoisotopic (exact) mass is 343 g/mol. The molecular formula is C21H26FNO2.